The molecule has 0 aromatic heterocycles. The molecule has 0 N–H and O–H groups in total. The zero-order valence-corrected chi connectivity index (χ0v) is 14.9. The van der Waals surface area contributed by atoms with Crippen LogP contribution < -0.4 is 0 Å². The van der Waals surface area contributed by atoms with Crippen LogP contribution in [-0.4, -0.2) is 12.6 Å². The SMILES string of the molecule is C=CC/C=C/C=C/C(=C)[C@H](C)C[C@H](CC=O)C(=C)CC(=C)CC=O. The van der Waals surface area contributed by atoms with E-state index in [0.29, 0.717) is 19.3 Å². The lowest BCUT2D eigenvalue weighted by molar-refractivity contribution is -0.109. The van der Waals surface area contributed by atoms with Crippen LogP contribution >= 0.6 is 0 Å². The minimum atomic E-state index is 0.0855. The first-order valence-electron chi connectivity index (χ1n) is 8.30. The molecule has 0 aromatic carbocycles. The quantitative estimate of drug-likeness (QED) is 0.238. The average Bonchev–Trinajstić information content (AvgIpc) is 2.54. The van der Waals surface area contributed by atoms with Crippen molar-refractivity contribution in [3.63, 3.8) is 0 Å². The van der Waals surface area contributed by atoms with Crippen molar-refractivity contribution in [3.05, 3.63) is 73.4 Å². The van der Waals surface area contributed by atoms with Crippen LogP contribution in [0, 0.1) is 11.8 Å². The number of rotatable bonds is 14. The van der Waals surface area contributed by atoms with Crippen LogP contribution in [0.1, 0.15) is 39.0 Å². The highest BCUT2D eigenvalue weighted by atomic mass is 16.1. The highest BCUT2D eigenvalue weighted by Gasteiger charge is 2.17. The van der Waals surface area contributed by atoms with E-state index in [2.05, 4.69) is 33.2 Å². The minimum absolute atomic E-state index is 0.0855. The number of hydrogen-bond donors (Lipinski definition) is 0. The van der Waals surface area contributed by atoms with Gasteiger partial charge in [-0.2, -0.15) is 0 Å². The molecule has 0 saturated carbocycles. The van der Waals surface area contributed by atoms with E-state index in [4.69, 9.17) is 0 Å². The molecular weight excluding hydrogens is 296 g/mol. The van der Waals surface area contributed by atoms with E-state index in [1.54, 1.807) is 0 Å². The van der Waals surface area contributed by atoms with Gasteiger partial charge in [-0.15, -0.1) is 6.58 Å². The highest BCUT2D eigenvalue weighted by molar-refractivity contribution is 5.54. The zero-order valence-electron chi connectivity index (χ0n) is 14.9. The Bertz CT molecular complexity index is 520. The highest BCUT2D eigenvalue weighted by Crippen LogP contribution is 2.29. The maximum Gasteiger partial charge on any atom is 0.124 e. The van der Waals surface area contributed by atoms with Gasteiger partial charge in [-0.3, -0.25) is 0 Å². The van der Waals surface area contributed by atoms with Crippen LogP contribution in [0.3, 0.4) is 0 Å². The van der Waals surface area contributed by atoms with E-state index in [1.807, 2.05) is 30.4 Å². The Morgan fingerprint density at radius 1 is 1.08 bits per heavy atom. The molecule has 2 atom stereocenters. The molecule has 0 amide bonds. The molecule has 0 radical (unpaired) electrons. The molecule has 0 aromatic rings. The molecule has 24 heavy (non-hydrogen) atoms. The first-order valence-corrected chi connectivity index (χ1v) is 8.30. The molecule has 0 unspecified atom stereocenters. The molecule has 0 fully saturated rings. The second-order valence-electron chi connectivity index (χ2n) is 6.08. The van der Waals surface area contributed by atoms with Crippen molar-refractivity contribution in [3.8, 4) is 0 Å². The second kappa shape index (κ2) is 13.2. The molecule has 130 valence electrons. The summed E-state index contributed by atoms with van der Waals surface area (Å²) in [7, 11) is 0. The Hall–Kier alpha value is -2.22. The van der Waals surface area contributed by atoms with Gasteiger partial charge in [0, 0.05) is 12.8 Å². The maximum atomic E-state index is 11.0. The molecule has 0 aliphatic carbocycles. The first-order chi connectivity index (χ1) is 11.5. The molecule has 0 spiro atoms. The van der Waals surface area contributed by atoms with Gasteiger partial charge in [0.1, 0.15) is 12.6 Å². The zero-order chi connectivity index (χ0) is 18.4. The molecular formula is C22H30O2. The monoisotopic (exact) mass is 326 g/mol. The van der Waals surface area contributed by atoms with Crippen LogP contribution in [0.15, 0.2) is 73.4 Å². The Kier molecular flexibility index (Phi) is 12.0. The van der Waals surface area contributed by atoms with Crippen molar-refractivity contribution in [1.29, 1.82) is 0 Å². The van der Waals surface area contributed by atoms with Crippen molar-refractivity contribution in [1.82, 2.24) is 0 Å². The van der Waals surface area contributed by atoms with Crippen molar-refractivity contribution in [2.75, 3.05) is 0 Å². The third-order valence-electron chi connectivity index (χ3n) is 3.94. The summed E-state index contributed by atoms with van der Waals surface area (Å²) < 4.78 is 0. The fourth-order valence-electron chi connectivity index (χ4n) is 2.38. The summed E-state index contributed by atoms with van der Waals surface area (Å²) in [6.07, 6.45) is 14.6. The molecule has 0 bridgehead atoms. The smallest absolute Gasteiger partial charge is 0.124 e. The predicted octanol–water partition coefficient (Wildman–Crippen LogP) is 5.55. The first kappa shape index (κ1) is 21.8. The van der Waals surface area contributed by atoms with Crippen LogP contribution in [0.2, 0.25) is 0 Å². The summed E-state index contributed by atoms with van der Waals surface area (Å²) in [5.74, 6) is 0.331. The van der Waals surface area contributed by atoms with Crippen LogP contribution in [0.25, 0.3) is 0 Å². The van der Waals surface area contributed by atoms with Crippen molar-refractivity contribution in [2.24, 2.45) is 11.8 Å². The van der Waals surface area contributed by atoms with E-state index in [-0.39, 0.29) is 11.8 Å². The Balaban J connectivity index is 4.67. The minimum Gasteiger partial charge on any atom is -0.303 e. The van der Waals surface area contributed by atoms with Gasteiger partial charge < -0.3 is 9.59 Å². The normalized spacial score (nSPS) is 13.5. The predicted molar refractivity (Wildman–Crippen MR) is 104 cm³/mol. The maximum absolute atomic E-state index is 11.0. The third kappa shape index (κ3) is 9.73. The lowest BCUT2D eigenvalue weighted by atomic mass is 9.82. The number of carbonyl (C=O) groups is 2. The van der Waals surface area contributed by atoms with Gasteiger partial charge in [-0.1, -0.05) is 73.8 Å². The lowest BCUT2D eigenvalue weighted by Gasteiger charge is -2.22. The fraction of sp³-hybridized carbons (Fsp3) is 0.364. The summed E-state index contributed by atoms with van der Waals surface area (Å²) in [6.45, 7) is 17.9. The number of hydrogen-bond acceptors (Lipinski definition) is 2. The number of allylic oxidation sites excluding steroid dienone is 8. The molecule has 0 aliphatic rings. The lowest BCUT2D eigenvalue weighted by Crippen LogP contribution is -2.11. The van der Waals surface area contributed by atoms with Crippen LogP contribution in [0.4, 0.5) is 0 Å². The van der Waals surface area contributed by atoms with E-state index in [9.17, 15) is 9.59 Å². The van der Waals surface area contributed by atoms with Gasteiger partial charge in [0.05, 0.1) is 0 Å². The van der Waals surface area contributed by atoms with Gasteiger partial charge in [-0.25, -0.2) is 0 Å². The summed E-state index contributed by atoms with van der Waals surface area (Å²) in [4.78, 5) is 21.5. The topological polar surface area (TPSA) is 34.1 Å². The van der Waals surface area contributed by atoms with Gasteiger partial charge >= 0.3 is 0 Å². The molecule has 2 heteroatoms. The Morgan fingerprint density at radius 3 is 2.38 bits per heavy atom. The second-order valence-corrected chi connectivity index (χ2v) is 6.08. The number of carbonyl (C=O) groups excluding carboxylic acids is 2. The molecule has 2 nitrogen and oxygen atoms in total. The third-order valence-corrected chi connectivity index (χ3v) is 3.94. The van der Waals surface area contributed by atoms with Gasteiger partial charge in [0.2, 0.25) is 0 Å². The summed E-state index contributed by atoms with van der Waals surface area (Å²) >= 11 is 0. The van der Waals surface area contributed by atoms with E-state index in [1.165, 1.54) is 0 Å². The Labute approximate surface area is 147 Å². The Morgan fingerprint density at radius 2 is 1.79 bits per heavy atom. The van der Waals surface area contributed by atoms with E-state index < -0.39 is 0 Å². The largest absolute Gasteiger partial charge is 0.303 e. The number of aldehydes is 2. The van der Waals surface area contributed by atoms with Crippen LogP contribution in [-0.2, 0) is 9.59 Å². The van der Waals surface area contributed by atoms with Gasteiger partial charge in [0.25, 0.3) is 0 Å². The molecule has 0 heterocycles. The van der Waals surface area contributed by atoms with Crippen molar-refractivity contribution < 1.29 is 9.59 Å². The molecule has 0 aliphatic heterocycles. The molecule has 0 rings (SSSR count). The fourth-order valence-corrected chi connectivity index (χ4v) is 2.38. The summed E-state index contributed by atoms with van der Waals surface area (Å²) in [6, 6.07) is 0. The average molecular weight is 326 g/mol. The van der Waals surface area contributed by atoms with Crippen LogP contribution in [0.5, 0.6) is 0 Å². The summed E-state index contributed by atoms with van der Waals surface area (Å²) in [5, 5.41) is 0. The van der Waals surface area contributed by atoms with E-state index in [0.717, 1.165) is 42.1 Å². The van der Waals surface area contributed by atoms with Crippen molar-refractivity contribution in [2.45, 2.75) is 39.0 Å². The molecule has 0 saturated heterocycles. The van der Waals surface area contributed by atoms with Gasteiger partial charge in [-0.05, 0) is 31.1 Å². The van der Waals surface area contributed by atoms with E-state index >= 15 is 0 Å². The van der Waals surface area contributed by atoms with Crippen molar-refractivity contribution >= 4 is 12.6 Å². The summed E-state index contributed by atoms with van der Waals surface area (Å²) in [5.41, 5.74) is 2.82. The standard InChI is InChI=1S/C22H30O2/c1-6-7-8-9-10-11-19(3)20(4)17-22(13-15-24)21(5)16-18(2)12-14-23/h6,8-11,14-15,20,22H,1-3,5,7,12-13,16-17H2,4H3/b9-8+,11-10+/t20-,22+/m1/s1. The van der Waals surface area contributed by atoms with Gasteiger partial charge in [0.15, 0.2) is 0 Å².